The van der Waals surface area contributed by atoms with E-state index in [1.165, 1.54) is 16.1 Å². The quantitative estimate of drug-likeness (QED) is 0.280. The van der Waals surface area contributed by atoms with E-state index in [0.29, 0.717) is 0 Å². The molecule has 1 aromatic carbocycles. The molecule has 0 saturated carbocycles. The van der Waals surface area contributed by atoms with Gasteiger partial charge >= 0.3 is 28.9 Å². The second-order valence-corrected chi connectivity index (χ2v) is 9.37. The fourth-order valence-electron chi connectivity index (χ4n) is 5.07. The molecule has 30 heavy (non-hydrogen) atoms. The van der Waals surface area contributed by atoms with E-state index in [0.717, 1.165) is 5.69 Å². The van der Waals surface area contributed by atoms with Gasteiger partial charge in [0.1, 0.15) is 5.92 Å². The number of hydrogen-bond donors (Lipinski definition) is 3. The van der Waals surface area contributed by atoms with Gasteiger partial charge in [-0.3, -0.25) is 9.59 Å². The summed E-state index contributed by atoms with van der Waals surface area (Å²) in [6.45, 7) is 0. The van der Waals surface area contributed by atoms with E-state index < -0.39 is 10.2 Å². The fraction of sp³-hybridized carbons (Fsp3) is 0.350. The van der Waals surface area contributed by atoms with Crippen molar-refractivity contribution in [2.75, 3.05) is 21.1 Å². The Morgan fingerprint density at radius 2 is 1.47 bits per heavy atom. The zero-order valence-electron chi connectivity index (χ0n) is 16.7. The second kappa shape index (κ2) is 6.81. The number of carbonyl (C=O) groups excluding carboxylic acids is 2. The third-order valence-corrected chi connectivity index (χ3v) is 5.86. The van der Waals surface area contributed by atoms with Crippen molar-refractivity contribution < 1.29 is 47.6 Å². The average molecular weight is 438 g/mol. The third kappa shape index (κ3) is 3.20. The van der Waals surface area contributed by atoms with Crippen LogP contribution in [0.25, 0.3) is 0 Å². The number of carbonyl (C=O) groups is 2. The van der Waals surface area contributed by atoms with Gasteiger partial charge in [0.05, 0.1) is 33.0 Å². The number of rotatable bonds is 1. The Morgan fingerprint density at radius 3 is 2.07 bits per heavy atom. The van der Waals surface area contributed by atoms with E-state index in [-0.39, 0.29) is 40.2 Å². The fourth-order valence-corrected chi connectivity index (χ4v) is 5.07. The van der Waals surface area contributed by atoms with Gasteiger partial charge in [0.2, 0.25) is 0 Å². The first kappa shape index (κ1) is 20.9. The molecule has 0 spiro atoms. The number of imide groups is 1. The molecule has 1 fully saturated rings. The van der Waals surface area contributed by atoms with Gasteiger partial charge in [-0.1, -0.05) is 30.3 Å². The molecule has 2 bridgehead atoms. The maximum atomic E-state index is 13.3. The van der Waals surface area contributed by atoms with Crippen molar-refractivity contribution >= 4 is 11.8 Å². The van der Waals surface area contributed by atoms with Crippen molar-refractivity contribution in [3.8, 4) is 0 Å². The number of pyridine rings is 1. The van der Waals surface area contributed by atoms with Gasteiger partial charge in [-0.25, -0.2) is 4.59 Å². The van der Waals surface area contributed by atoms with Crippen LogP contribution in [0.3, 0.4) is 0 Å². The van der Waals surface area contributed by atoms with Crippen LogP contribution in [-0.2, 0) is 9.59 Å². The molecule has 10 heteroatoms. The molecule has 4 heterocycles. The summed E-state index contributed by atoms with van der Waals surface area (Å²) in [6.07, 6.45) is 2.05. The zero-order chi connectivity index (χ0) is 22.0. The summed E-state index contributed by atoms with van der Waals surface area (Å²) in [5.74, 6) is -0.756. The van der Waals surface area contributed by atoms with E-state index in [9.17, 15) is 9.59 Å². The van der Waals surface area contributed by atoms with Crippen LogP contribution in [0.2, 0.25) is 0 Å². The van der Waals surface area contributed by atoms with Gasteiger partial charge in [0.15, 0.2) is 17.9 Å². The summed E-state index contributed by atoms with van der Waals surface area (Å²) in [6, 6.07) is 14.3. The molecule has 3 aliphatic heterocycles. The second-order valence-electron chi connectivity index (χ2n) is 8.50. The van der Waals surface area contributed by atoms with Gasteiger partial charge < -0.3 is 0 Å². The van der Waals surface area contributed by atoms with Gasteiger partial charge in [0, 0.05) is 17.7 Å². The van der Waals surface area contributed by atoms with Crippen molar-refractivity contribution in [3.05, 3.63) is 65.5 Å². The van der Waals surface area contributed by atoms with Crippen LogP contribution in [0.1, 0.15) is 28.8 Å². The van der Waals surface area contributed by atoms with Crippen molar-refractivity contribution in [2.45, 2.75) is 12.0 Å². The Morgan fingerprint density at radius 1 is 0.933 bits per heavy atom. The molecule has 4 atom stereocenters. The Bertz CT molecular complexity index is 910. The molecule has 9 nitrogen and oxygen atoms in total. The predicted octanol–water partition coefficient (Wildman–Crippen LogP) is -1.62. The van der Waals surface area contributed by atoms with Crippen molar-refractivity contribution in [3.63, 3.8) is 0 Å². The molecule has 160 valence electrons. The molecule has 1 aliphatic carbocycles. The monoisotopic (exact) mass is 437 g/mol. The van der Waals surface area contributed by atoms with E-state index >= 15 is 0 Å². The van der Waals surface area contributed by atoms with Crippen LogP contribution < -0.4 is 9.23 Å². The maximum absolute atomic E-state index is 13.3. The number of nitrogens with zero attached hydrogens (tertiary/aromatic N) is 3. The first-order valence-corrected chi connectivity index (χ1v) is 10.7. The van der Waals surface area contributed by atoms with Crippen LogP contribution in [0.5, 0.6) is 0 Å². The summed E-state index contributed by atoms with van der Waals surface area (Å²) in [7, 11) is 1.44. The number of halogens is 1. The molecule has 4 aliphatic rings. The summed E-state index contributed by atoms with van der Waals surface area (Å²) in [4.78, 5) is 26.6. The molecule has 2 aromatic rings. The Hall–Kier alpha value is -2.40. The third-order valence-electron chi connectivity index (χ3n) is 5.86. The minimum absolute atomic E-state index is 0.0397. The van der Waals surface area contributed by atoms with Crippen LogP contribution in [0, 0.1) is 22.1 Å². The first-order chi connectivity index (χ1) is 13.9. The molecule has 0 radical (unpaired) electrons. The summed E-state index contributed by atoms with van der Waals surface area (Å²) < 4.78 is 32.6. The van der Waals surface area contributed by atoms with Crippen LogP contribution in [-0.4, -0.2) is 56.5 Å². The van der Waals surface area contributed by atoms with Gasteiger partial charge in [-0.05, 0) is 5.56 Å². The zero-order valence-corrected chi connectivity index (χ0v) is 17.5. The molecule has 3 N–H and O–H groups in total. The van der Waals surface area contributed by atoms with Crippen molar-refractivity contribution in [1.29, 1.82) is 0 Å². The molecule has 1 saturated heterocycles. The first-order valence-electron chi connectivity index (χ1n) is 9.36. The number of amides is 2. The summed E-state index contributed by atoms with van der Waals surface area (Å²) in [5.41, 5.74) is 3.52. The van der Waals surface area contributed by atoms with Crippen molar-refractivity contribution in [1.82, 2.24) is 5.01 Å². The SMILES string of the molecule is C[N+](C)(C)N1C(=O)C2C3c4ccccc4C(C2C1=O)[n+]1ccccc13.[O-][Cl+](O)(O)O. The minimum atomic E-state index is -4.19. The normalized spacial score (nSPS) is 27.1. The average Bonchev–Trinajstić information content (AvgIpc) is 2.92. The Labute approximate surface area is 175 Å². The molecule has 1 aromatic heterocycles. The van der Waals surface area contributed by atoms with E-state index in [2.05, 4.69) is 22.8 Å². The number of aromatic nitrogens is 1. The molecular weight excluding hydrogens is 414 g/mol. The van der Waals surface area contributed by atoms with E-state index in [1.807, 2.05) is 51.6 Å². The van der Waals surface area contributed by atoms with E-state index in [4.69, 9.17) is 18.6 Å². The topological polar surface area (TPSA) is 125 Å². The molecule has 6 rings (SSSR count). The van der Waals surface area contributed by atoms with Crippen LogP contribution in [0.4, 0.5) is 0 Å². The standard InChI is InChI=1S/C20H21N3O2.ClH3O4/c1-23(2,3)22-19(24)16-15-12-8-4-5-9-13(12)18(17(16)20(22)25)21-11-7-6-10-14(15)21;2-1(3,4)5/h4-11,15-18H,1-3H3;2-4H/q+2;. The van der Waals surface area contributed by atoms with Gasteiger partial charge in [0.25, 0.3) is 11.8 Å². The summed E-state index contributed by atoms with van der Waals surface area (Å²) in [5, 5.41) is 1.45. The van der Waals surface area contributed by atoms with Crippen LogP contribution >= 0.6 is 0 Å². The number of hydrogen-bond acceptors (Lipinski definition) is 6. The Kier molecular flexibility index (Phi) is 4.73. The van der Waals surface area contributed by atoms with Gasteiger partial charge in [-0.15, -0.1) is 5.01 Å². The molecular formula is C20H24ClN3O6+2. The number of benzene rings is 1. The number of quaternary nitrogens is 1. The van der Waals surface area contributed by atoms with Crippen LogP contribution in [0.15, 0.2) is 48.7 Å². The van der Waals surface area contributed by atoms with E-state index in [1.54, 1.807) is 0 Å². The molecule has 4 unspecified atom stereocenters. The van der Waals surface area contributed by atoms with Gasteiger partial charge in [-0.2, -0.15) is 4.57 Å². The Balaban J connectivity index is 0.000000393. The molecule has 2 amide bonds. The van der Waals surface area contributed by atoms with Crippen molar-refractivity contribution in [2.24, 2.45) is 11.8 Å². The summed E-state index contributed by atoms with van der Waals surface area (Å²) >= 11 is 0. The predicted molar refractivity (Wildman–Crippen MR) is 96.6 cm³/mol.